The number of methoxy groups -OCH3 is 1. The van der Waals surface area contributed by atoms with Crippen molar-refractivity contribution in [1.82, 2.24) is 0 Å². The van der Waals surface area contributed by atoms with E-state index in [1.54, 1.807) is 0 Å². The number of fused-ring (bicyclic) bond motifs is 1. The lowest BCUT2D eigenvalue weighted by molar-refractivity contribution is -0.352. The molecule has 3 aromatic carbocycles. The lowest BCUT2D eigenvalue weighted by Gasteiger charge is -2.46. The number of ether oxygens (including phenoxy) is 8. The molecule has 3 aliphatic heterocycles. The summed E-state index contributed by atoms with van der Waals surface area (Å²) in [5.41, 5.74) is -1.17. The Morgan fingerprint density at radius 3 is 1.90 bits per heavy atom. The van der Waals surface area contributed by atoms with Crippen LogP contribution in [0.15, 0.2) is 69.9 Å². The summed E-state index contributed by atoms with van der Waals surface area (Å²) >= 11 is 0. The highest BCUT2D eigenvalue weighted by atomic mass is 16.8. The Kier molecular flexibility index (Phi) is 15.2. The molecule has 0 amide bonds. The highest BCUT2D eigenvalue weighted by molar-refractivity contribution is 5.89. The molecular formula is C43H48O24. The maximum atomic E-state index is 14.5. The van der Waals surface area contributed by atoms with Gasteiger partial charge >= 0.3 is 5.97 Å². The van der Waals surface area contributed by atoms with Gasteiger partial charge < -0.3 is 109 Å². The molecule has 3 saturated heterocycles. The van der Waals surface area contributed by atoms with Gasteiger partial charge in [0.05, 0.1) is 26.9 Å². The maximum Gasteiger partial charge on any atom is 0.331 e. The molecule has 1 aromatic heterocycles. The Hall–Kier alpha value is -5.68. The molecule has 4 heterocycles. The SMILES string of the molecule is COc1cc(C=CC(=O)OC2C(Oc3c(-c4ccc(O)cc4)oc4cc(OC5OC(CO)C(O)C(O)C5O)cc(O)c4c3=O)OC(CO)C(OC3OC(CO)C(O)C(O)C3O)C2O)ccc1O. The molecule has 0 aliphatic carbocycles. The highest BCUT2D eigenvalue weighted by Crippen LogP contribution is 2.40. The Labute approximate surface area is 377 Å². The van der Waals surface area contributed by atoms with Crippen molar-refractivity contribution in [2.24, 2.45) is 0 Å². The fraction of sp³-hybridized carbons (Fsp3) is 0.442. The second-order valence-corrected chi connectivity index (χ2v) is 15.6. The summed E-state index contributed by atoms with van der Waals surface area (Å²) in [6, 6.07) is 11.1. The van der Waals surface area contributed by atoms with Crippen molar-refractivity contribution in [3.63, 3.8) is 0 Å². The van der Waals surface area contributed by atoms with E-state index in [4.69, 9.17) is 42.3 Å². The van der Waals surface area contributed by atoms with E-state index < -0.39 is 152 Å². The van der Waals surface area contributed by atoms with Gasteiger partial charge in [0.1, 0.15) is 95.4 Å². The molecule has 0 saturated carbocycles. The maximum absolute atomic E-state index is 14.5. The molecule has 24 nitrogen and oxygen atoms in total. The van der Waals surface area contributed by atoms with Gasteiger partial charge in [-0.3, -0.25) is 4.79 Å². The van der Waals surface area contributed by atoms with Crippen molar-refractivity contribution in [3.8, 4) is 45.8 Å². The molecule has 4 aromatic rings. The van der Waals surface area contributed by atoms with Gasteiger partial charge in [0.15, 0.2) is 29.7 Å². The molecule has 67 heavy (non-hydrogen) atoms. The Morgan fingerprint density at radius 2 is 1.27 bits per heavy atom. The molecule has 24 heteroatoms. The Balaban J connectivity index is 1.27. The van der Waals surface area contributed by atoms with Crippen LogP contribution >= 0.6 is 0 Å². The molecule has 7 rings (SSSR count). The molecule has 15 unspecified atom stereocenters. The van der Waals surface area contributed by atoms with Crippen LogP contribution in [0.1, 0.15) is 5.56 Å². The molecule has 13 N–H and O–H groups in total. The van der Waals surface area contributed by atoms with Crippen molar-refractivity contribution in [3.05, 3.63) is 76.5 Å². The largest absolute Gasteiger partial charge is 0.508 e. The number of aliphatic hydroxyl groups excluding tert-OH is 10. The first-order valence-corrected chi connectivity index (χ1v) is 20.4. The first-order chi connectivity index (χ1) is 32.0. The lowest BCUT2D eigenvalue weighted by atomic mass is 9.96. The third-order valence-corrected chi connectivity index (χ3v) is 11.2. The molecule has 0 radical (unpaired) electrons. The quantitative estimate of drug-likeness (QED) is 0.0443. The van der Waals surface area contributed by atoms with Crippen molar-refractivity contribution in [2.45, 2.75) is 92.1 Å². The number of phenols is 3. The van der Waals surface area contributed by atoms with E-state index in [-0.39, 0.29) is 28.6 Å². The number of hydrogen-bond acceptors (Lipinski definition) is 24. The fourth-order valence-electron chi connectivity index (χ4n) is 7.55. The first kappa shape index (κ1) is 49.2. The summed E-state index contributed by atoms with van der Waals surface area (Å²) in [4.78, 5) is 28.1. The fourth-order valence-corrected chi connectivity index (χ4v) is 7.55. The van der Waals surface area contributed by atoms with Crippen molar-refractivity contribution in [2.75, 3.05) is 26.9 Å². The minimum absolute atomic E-state index is 0.0336. The molecule has 15 atom stereocenters. The number of carbonyl (C=O) groups excluding carboxylic acids is 1. The minimum atomic E-state index is -2.13. The van der Waals surface area contributed by atoms with Crippen LogP contribution in [-0.2, 0) is 28.5 Å². The number of aliphatic hydroxyl groups is 10. The van der Waals surface area contributed by atoms with Crippen molar-refractivity contribution in [1.29, 1.82) is 0 Å². The summed E-state index contributed by atoms with van der Waals surface area (Å²) in [6.45, 7) is -2.63. The Morgan fingerprint density at radius 1 is 0.657 bits per heavy atom. The predicted molar refractivity (Wildman–Crippen MR) is 220 cm³/mol. The van der Waals surface area contributed by atoms with Crippen LogP contribution < -0.4 is 19.6 Å². The zero-order chi connectivity index (χ0) is 48.4. The van der Waals surface area contributed by atoms with Gasteiger partial charge in [0.25, 0.3) is 0 Å². The van der Waals surface area contributed by atoms with Crippen LogP contribution in [0.5, 0.6) is 34.5 Å². The van der Waals surface area contributed by atoms with Crippen LogP contribution in [-0.4, -0.2) is 191 Å². The van der Waals surface area contributed by atoms with E-state index >= 15 is 0 Å². The van der Waals surface area contributed by atoms with Crippen molar-refractivity contribution >= 4 is 23.0 Å². The topological polar surface area (TPSA) is 384 Å². The normalized spacial score (nSPS) is 32.3. The first-order valence-electron chi connectivity index (χ1n) is 20.4. The summed E-state index contributed by atoms with van der Waals surface area (Å²) in [6.07, 6.45) is -25.2. The van der Waals surface area contributed by atoms with Crippen LogP contribution in [0.4, 0.5) is 0 Å². The van der Waals surface area contributed by atoms with Gasteiger partial charge in [-0.15, -0.1) is 0 Å². The second kappa shape index (κ2) is 20.7. The van der Waals surface area contributed by atoms with Crippen LogP contribution in [0.25, 0.3) is 28.4 Å². The highest BCUT2D eigenvalue weighted by Gasteiger charge is 2.53. The van der Waals surface area contributed by atoms with Crippen LogP contribution in [0.3, 0.4) is 0 Å². The van der Waals surface area contributed by atoms with E-state index in [1.807, 2.05) is 0 Å². The van der Waals surface area contributed by atoms with E-state index in [0.717, 1.165) is 18.2 Å². The number of benzene rings is 3. The average molecular weight is 949 g/mol. The third-order valence-electron chi connectivity index (χ3n) is 11.2. The van der Waals surface area contributed by atoms with E-state index in [9.17, 15) is 76.0 Å². The number of rotatable bonds is 14. The molecule has 0 spiro atoms. The summed E-state index contributed by atoms with van der Waals surface area (Å²) in [5.74, 6) is -3.89. The average Bonchev–Trinajstić information content (AvgIpc) is 3.31. The van der Waals surface area contributed by atoms with E-state index in [1.165, 1.54) is 55.7 Å². The number of hydrogen-bond donors (Lipinski definition) is 13. The molecular weight excluding hydrogens is 900 g/mol. The lowest BCUT2D eigenvalue weighted by Crippen LogP contribution is -2.65. The molecule has 0 bridgehead atoms. The zero-order valence-corrected chi connectivity index (χ0v) is 34.9. The molecule has 3 fully saturated rings. The monoisotopic (exact) mass is 948 g/mol. The second-order valence-electron chi connectivity index (χ2n) is 15.6. The van der Waals surface area contributed by atoms with Gasteiger partial charge in [0, 0.05) is 23.8 Å². The number of carbonyl (C=O) groups is 1. The molecule has 364 valence electrons. The summed E-state index contributed by atoms with van der Waals surface area (Å²) in [7, 11) is 1.30. The summed E-state index contributed by atoms with van der Waals surface area (Å²) in [5, 5.41) is 135. The zero-order valence-electron chi connectivity index (χ0n) is 34.9. The summed E-state index contributed by atoms with van der Waals surface area (Å²) < 4.78 is 51.2. The minimum Gasteiger partial charge on any atom is -0.508 e. The van der Waals surface area contributed by atoms with E-state index in [0.29, 0.717) is 5.56 Å². The Bertz CT molecular complexity index is 2440. The predicted octanol–water partition coefficient (Wildman–Crippen LogP) is -2.97. The van der Waals surface area contributed by atoms with Crippen LogP contribution in [0, 0.1) is 0 Å². The third kappa shape index (κ3) is 10.1. The van der Waals surface area contributed by atoms with Gasteiger partial charge in [-0.05, 0) is 48.0 Å². The van der Waals surface area contributed by atoms with Gasteiger partial charge in [-0.25, -0.2) is 4.79 Å². The number of esters is 1. The standard InChI is InChI=1S/C43H48O24/c1-59-22-10-16(2-8-20(22)48)3-9-27(50)65-40-36(58)38(66-42-35(57)33(55)30(52)25(14-45)63-42)26(15-46)64-43(40)67-39-31(53)28-21(49)11-19(60-41-34(56)32(54)29(51)24(13-44)62-41)12-23(28)61-37(39)17-4-6-18(47)7-5-17/h2-12,24-26,29-30,32-36,38,40-49,51-52,54-58H,13-15H2,1H3. The smallest absolute Gasteiger partial charge is 0.331 e. The number of aromatic hydroxyl groups is 3. The number of phenolic OH excluding ortho intramolecular Hbond substituents is 3. The van der Waals surface area contributed by atoms with Crippen LogP contribution in [0.2, 0.25) is 0 Å². The van der Waals surface area contributed by atoms with Gasteiger partial charge in [-0.2, -0.15) is 0 Å². The van der Waals surface area contributed by atoms with E-state index in [2.05, 4.69) is 0 Å². The molecule has 3 aliphatic rings. The van der Waals surface area contributed by atoms with Crippen molar-refractivity contribution < 1.29 is 113 Å². The van der Waals surface area contributed by atoms with Gasteiger partial charge in [-0.1, -0.05) is 6.07 Å². The van der Waals surface area contributed by atoms with Gasteiger partial charge in [0.2, 0.25) is 23.8 Å².